The minimum Gasteiger partial charge on any atom is -0.465 e. The lowest BCUT2D eigenvalue weighted by molar-refractivity contribution is 0.161. The molecule has 0 aliphatic carbocycles. The van der Waals surface area contributed by atoms with Gasteiger partial charge in [0.1, 0.15) is 0 Å². The fraction of sp³-hybridized carbons (Fsp3) is 0.167. The van der Waals surface area contributed by atoms with E-state index in [-0.39, 0.29) is 0 Å². The van der Waals surface area contributed by atoms with Crippen LogP contribution in [-0.2, 0) is 13.1 Å². The van der Waals surface area contributed by atoms with E-state index in [1.807, 2.05) is 29.0 Å². The van der Waals surface area contributed by atoms with Crippen molar-refractivity contribution in [1.82, 2.24) is 14.7 Å². The molecule has 0 bridgehead atoms. The fourth-order valence-corrected chi connectivity index (χ4v) is 2.05. The second-order valence-corrected chi connectivity index (χ2v) is 3.94. The van der Waals surface area contributed by atoms with Crippen molar-refractivity contribution in [3.8, 4) is 0 Å². The molecule has 0 saturated carbocycles. The Morgan fingerprint density at radius 1 is 1.35 bits per heavy atom. The van der Waals surface area contributed by atoms with Crippen LogP contribution >= 0.6 is 0 Å². The first-order valence-electron chi connectivity index (χ1n) is 5.36. The molecule has 1 N–H and O–H groups in total. The van der Waals surface area contributed by atoms with Gasteiger partial charge in [-0.1, -0.05) is 18.2 Å². The summed E-state index contributed by atoms with van der Waals surface area (Å²) in [4.78, 5) is 12.2. The molecule has 5 nitrogen and oxygen atoms in total. The summed E-state index contributed by atoms with van der Waals surface area (Å²) in [7, 11) is 0. The van der Waals surface area contributed by atoms with Crippen LogP contribution in [0.3, 0.4) is 0 Å². The maximum atomic E-state index is 10.9. The first-order chi connectivity index (χ1) is 8.25. The van der Waals surface area contributed by atoms with Crippen LogP contribution in [0.2, 0.25) is 0 Å². The molecule has 3 heterocycles. The van der Waals surface area contributed by atoms with Gasteiger partial charge in [-0.3, -0.25) is 9.58 Å². The third-order valence-corrected chi connectivity index (χ3v) is 2.89. The highest BCUT2D eigenvalue weighted by atomic mass is 16.4. The third kappa shape index (κ3) is 1.56. The summed E-state index contributed by atoms with van der Waals surface area (Å²) in [6, 6.07) is 0. The van der Waals surface area contributed by atoms with Crippen LogP contribution in [0.25, 0.3) is 12.2 Å². The molecule has 1 amide bonds. The van der Waals surface area contributed by atoms with E-state index in [1.165, 1.54) is 4.90 Å². The molecule has 1 aromatic heterocycles. The van der Waals surface area contributed by atoms with Crippen LogP contribution in [0.1, 0.15) is 17.0 Å². The highest BCUT2D eigenvalue weighted by molar-refractivity contribution is 5.71. The average Bonchev–Trinajstić information content (AvgIpc) is 2.51. The number of carboxylic acid groups (broad SMARTS) is 1. The highest BCUT2D eigenvalue weighted by Gasteiger charge is 2.22. The van der Waals surface area contributed by atoms with Gasteiger partial charge in [0.2, 0.25) is 0 Å². The van der Waals surface area contributed by atoms with E-state index >= 15 is 0 Å². The summed E-state index contributed by atoms with van der Waals surface area (Å²) in [6.45, 7) is 1.08. The largest absolute Gasteiger partial charge is 0.465 e. The van der Waals surface area contributed by atoms with Gasteiger partial charge in [0.05, 0.1) is 24.5 Å². The molecule has 0 spiro atoms. The van der Waals surface area contributed by atoms with Crippen molar-refractivity contribution in [1.29, 1.82) is 0 Å². The van der Waals surface area contributed by atoms with Gasteiger partial charge in [-0.15, -0.1) is 0 Å². The molecule has 2 aliphatic rings. The number of nitrogens with zero attached hydrogens (tertiary/aromatic N) is 3. The summed E-state index contributed by atoms with van der Waals surface area (Å²) < 4.78 is 1.89. The van der Waals surface area contributed by atoms with Crippen LogP contribution in [0, 0.1) is 0 Å². The molecule has 0 radical (unpaired) electrons. The van der Waals surface area contributed by atoms with Crippen LogP contribution in [0.4, 0.5) is 4.79 Å². The van der Waals surface area contributed by atoms with Crippen LogP contribution in [0.15, 0.2) is 24.4 Å². The van der Waals surface area contributed by atoms with E-state index in [0.29, 0.717) is 6.54 Å². The Morgan fingerprint density at radius 3 is 3.06 bits per heavy atom. The topological polar surface area (TPSA) is 58.4 Å². The number of hydrogen-bond donors (Lipinski definition) is 1. The molecule has 3 rings (SSSR count). The number of allylic oxidation sites excluding steroid dienone is 3. The smallest absolute Gasteiger partial charge is 0.411 e. The maximum absolute atomic E-state index is 10.9. The van der Waals surface area contributed by atoms with Crippen molar-refractivity contribution >= 4 is 18.2 Å². The highest BCUT2D eigenvalue weighted by Crippen LogP contribution is 2.25. The number of carbonyl (C=O) groups is 1. The van der Waals surface area contributed by atoms with Crippen LogP contribution in [-0.4, -0.2) is 25.9 Å². The molecule has 0 fully saturated rings. The Bertz CT molecular complexity index is 567. The Labute approximate surface area is 98.0 Å². The Balaban J connectivity index is 2.06. The molecule has 86 valence electrons. The molecular weight excluding hydrogens is 218 g/mol. The van der Waals surface area contributed by atoms with E-state index in [4.69, 9.17) is 5.11 Å². The zero-order chi connectivity index (χ0) is 11.8. The van der Waals surface area contributed by atoms with Crippen LogP contribution in [0.5, 0.6) is 0 Å². The molecule has 1 aromatic rings. The summed E-state index contributed by atoms with van der Waals surface area (Å²) in [5.41, 5.74) is 2.81. The second-order valence-electron chi connectivity index (χ2n) is 3.94. The van der Waals surface area contributed by atoms with E-state index < -0.39 is 6.09 Å². The van der Waals surface area contributed by atoms with Gasteiger partial charge >= 0.3 is 6.09 Å². The van der Waals surface area contributed by atoms with Crippen molar-refractivity contribution in [3.63, 3.8) is 0 Å². The third-order valence-electron chi connectivity index (χ3n) is 2.89. The van der Waals surface area contributed by atoms with Gasteiger partial charge in [0.15, 0.2) is 0 Å². The van der Waals surface area contributed by atoms with Gasteiger partial charge in [-0.05, 0) is 12.2 Å². The molecule has 17 heavy (non-hydrogen) atoms. The normalized spacial score (nSPS) is 16.6. The van der Waals surface area contributed by atoms with E-state index in [1.54, 1.807) is 12.3 Å². The standard InChI is InChI=1S/C12H11N3O2/c16-12(17)14-7-5-10-9(8-14)11-4-2-1-3-6-15(11)13-10/h1-5,7H,6,8H2,(H,16,17). The molecular formula is C12H11N3O2. The molecule has 5 heteroatoms. The lowest BCUT2D eigenvalue weighted by Crippen LogP contribution is -2.25. The summed E-state index contributed by atoms with van der Waals surface area (Å²) >= 11 is 0. The average molecular weight is 229 g/mol. The fourth-order valence-electron chi connectivity index (χ4n) is 2.05. The quantitative estimate of drug-likeness (QED) is 0.739. The van der Waals surface area contributed by atoms with Gasteiger partial charge in [0, 0.05) is 11.8 Å². The first kappa shape index (κ1) is 9.89. The summed E-state index contributed by atoms with van der Waals surface area (Å²) in [5, 5.41) is 13.4. The number of fused-ring (bicyclic) bond motifs is 3. The Hall–Kier alpha value is -2.30. The van der Waals surface area contributed by atoms with E-state index in [2.05, 4.69) is 5.10 Å². The predicted octanol–water partition coefficient (Wildman–Crippen LogP) is 1.93. The molecule has 2 aliphatic heterocycles. The number of hydrogen-bond acceptors (Lipinski definition) is 2. The second kappa shape index (κ2) is 3.62. The molecule has 0 aromatic carbocycles. The zero-order valence-electron chi connectivity index (χ0n) is 9.08. The summed E-state index contributed by atoms with van der Waals surface area (Å²) in [5.74, 6) is 0. The van der Waals surface area contributed by atoms with Crippen molar-refractivity contribution in [2.24, 2.45) is 0 Å². The number of amides is 1. The molecule has 0 atom stereocenters. The van der Waals surface area contributed by atoms with Crippen LogP contribution < -0.4 is 0 Å². The lowest BCUT2D eigenvalue weighted by Gasteiger charge is -2.17. The van der Waals surface area contributed by atoms with Gasteiger partial charge in [-0.25, -0.2) is 4.79 Å². The Kier molecular flexibility index (Phi) is 2.11. The lowest BCUT2D eigenvalue weighted by atomic mass is 10.1. The minimum absolute atomic E-state index is 0.362. The first-order valence-corrected chi connectivity index (χ1v) is 5.36. The van der Waals surface area contributed by atoms with E-state index in [9.17, 15) is 4.79 Å². The van der Waals surface area contributed by atoms with Crippen molar-refractivity contribution in [2.45, 2.75) is 13.1 Å². The minimum atomic E-state index is -0.942. The van der Waals surface area contributed by atoms with Crippen molar-refractivity contribution in [3.05, 3.63) is 41.4 Å². The van der Waals surface area contributed by atoms with E-state index in [0.717, 1.165) is 23.5 Å². The monoisotopic (exact) mass is 229 g/mol. The van der Waals surface area contributed by atoms with Gasteiger partial charge in [-0.2, -0.15) is 5.10 Å². The zero-order valence-corrected chi connectivity index (χ0v) is 9.08. The SMILES string of the molecule is O=C(O)N1C=Cc2nn3c(c2C1)C=CC=CC3. The summed E-state index contributed by atoms with van der Waals surface area (Å²) in [6.07, 6.45) is 10.3. The Morgan fingerprint density at radius 2 is 2.24 bits per heavy atom. The van der Waals surface area contributed by atoms with Crippen molar-refractivity contribution in [2.75, 3.05) is 0 Å². The predicted molar refractivity (Wildman–Crippen MR) is 63.0 cm³/mol. The maximum Gasteiger partial charge on any atom is 0.411 e. The van der Waals surface area contributed by atoms with Crippen molar-refractivity contribution < 1.29 is 9.90 Å². The number of aromatic nitrogens is 2. The number of rotatable bonds is 0. The van der Waals surface area contributed by atoms with Gasteiger partial charge < -0.3 is 5.11 Å². The van der Waals surface area contributed by atoms with Gasteiger partial charge in [0.25, 0.3) is 0 Å². The molecule has 0 saturated heterocycles. The molecule has 0 unspecified atom stereocenters.